The largest absolute Gasteiger partial charge is 0.481 e. The number of aromatic nitrogens is 1. The van der Waals surface area contributed by atoms with E-state index in [0.717, 1.165) is 18.4 Å². The highest BCUT2D eigenvalue weighted by atomic mass is 19.1. The van der Waals surface area contributed by atoms with E-state index in [9.17, 15) is 18.4 Å². The van der Waals surface area contributed by atoms with Crippen molar-refractivity contribution in [3.05, 3.63) is 41.8 Å². The average molecular weight is 338 g/mol. The summed E-state index contributed by atoms with van der Waals surface area (Å²) in [5, 5.41) is 11.5. The minimum absolute atomic E-state index is 0.106. The number of carbonyl (C=O) groups excluding carboxylic acids is 1. The van der Waals surface area contributed by atoms with E-state index in [1.165, 1.54) is 19.9 Å². The molecule has 0 bridgehead atoms. The summed E-state index contributed by atoms with van der Waals surface area (Å²) in [5.74, 6) is -3.65. The van der Waals surface area contributed by atoms with Gasteiger partial charge in [0.15, 0.2) is 5.69 Å². The van der Waals surface area contributed by atoms with E-state index in [2.05, 4.69) is 10.3 Å². The summed E-state index contributed by atoms with van der Waals surface area (Å²) in [5.41, 5.74) is -1.59. The summed E-state index contributed by atoms with van der Waals surface area (Å²) in [4.78, 5) is 26.7. The number of aliphatic carboxylic acids is 1. The van der Waals surface area contributed by atoms with Gasteiger partial charge >= 0.3 is 5.97 Å². The Morgan fingerprint density at radius 1 is 1.29 bits per heavy atom. The number of carbonyl (C=O) groups is 2. The van der Waals surface area contributed by atoms with Crippen molar-refractivity contribution < 1.29 is 27.9 Å². The molecule has 0 saturated carbocycles. The minimum atomic E-state index is -0.988. The molecule has 2 aromatic rings. The molecular weight excluding hydrogens is 322 g/mol. The Morgan fingerprint density at radius 2 is 1.92 bits per heavy atom. The highest BCUT2D eigenvalue weighted by molar-refractivity contribution is 5.92. The van der Waals surface area contributed by atoms with Gasteiger partial charge in [-0.2, -0.15) is 0 Å². The van der Waals surface area contributed by atoms with E-state index in [0.29, 0.717) is 0 Å². The third kappa shape index (κ3) is 3.76. The number of amides is 1. The highest BCUT2D eigenvalue weighted by Gasteiger charge is 2.27. The average Bonchev–Trinajstić information content (AvgIpc) is 2.96. The van der Waals surface area contributed by atoms with Gasteiger partial charge in [-0.1, -0.05) is 6.07 Å². The fourth-order valence-electron chi connectivity index (χ4n) is 1.88. The summed E-state index contributed by atoms with van der Waals surface area (Å²) in [6.07, 6.45) is 1.19. The molecule has 0 unspecified atom stereocenters. The van der Waals surface area contributed by atoms with Crippen molar-refractivity contribution in [3.8, 4) is 11.5 Å². The van der Waals surface area contributed by atoms with Crippen LogP contribution in [0.15, 0.2) is 28.9 Å². The fourth-order valence-corrected chi connectivity index (χ4v) is 1.88. The van der Waals surface area contributed by atoms with Gasteiger partial charge in [0.1, 0.15) is 23.5 Å². The maximum atomic E-state index is 13.7. The molecule has 1 heterocycles. The molecule has 0 aliphatic rings. The number of rotatable bonds is 6. The Kier molecular flexibility index (Phi) is 4.96. The highest BCUT2D eigenvalue weighted by Crippen LogP contribution is 2.25. The summed E-state index contributed by atoms with van der Waals surface area (Å²) in [6.45, 7) is 3.18. The third-order valence-electron chi connectivity index (χ3n) is 3.53. The van der Waals surface area contributed by atoms with Crippen LogP contribution in [0, 0.1) is 17.0 Å². The maximum Gasteiger partial charge on any atom is 0.309 e. The smallest absolute Gasteiger partial charge is 0.309 e. The molecule has 6 nitrogen and oxygen atoms in total. The summed E-state index contributed by atoms with van der Waals surface area (Å²) in [6, 6.07) is 3.31. The van der Waals surface area contributed by atoms with E-state index >= 15 is 0 Å². The van der Waals surface area contributed by atoms with E-state index in [1.807, 2.05) is 0 Å². The maximum absolute atomic E-state index is 13.7. The lowest BCUT2D eigenvalue weighted by atomic mass is 9.90. The molecule has 0 spiro atoms. The van der Waals surface area contributed by atoms with Crippen molar-refractivity contribution in [2.75, 3.05) is 6.54 Å². The molecule has 0 atom stereocenters. The van der Waals surface area contributed by atoms with Crippen LogP contribution in [0.4, 0.5) is 8.78 Å². The van der Waals surface area contributed by atoms with Crippen LogP contribution in [0.2, 0.25) is 0 Å². The van der Waals surface area contributed by atoms with Gasteiger partial charge in [-0.15, -0.1) is 0 Å². The Balaban J connectivity index is 2.06. The van der Waals surface area contributed by atoms with E-state index < -0.39 is 34.5 Å². The van der Waals surface area contributed by atoms with Crippen LogP contribution in [0.5, 0.6) is 0 Å². The second kappa shape index (κ2) is 6.77. The predicted molar refractivity (Wildman–Crippen MR) is 80.2 cm³/mol. The van der Waals surface area contributed by atoms with Crippen molar-refractivity contribution in [1.29, 1.82) is 0 Å². The number of benzene rings is 1. The van der Waals surface area contributed by atoms with Crippen LogP contribution in [-0.4, -0.2) is 28.5 Å². The molecule has 0 saturated heterocycles. The first-order chi connectivity index (χ1) is 11.2. The van der Waals surface area contributed by atoms with E-state index in [1.54, 1.807) is 0 Å². The van der Waals surface area contributed by atoms with Crippen molar-refractivity contribution in [3.63, 3.8) is 0 Å². The molecule has 2 rings (SSSR count). The Morgan fingerprint density at radius 3 is 2.50 bits per heavy atom. The molecule has 0 fully saturated rings. The summed E-state index contributed by atoms with van der Waals surface area (Å²) >= 11 is 0. The van der Waals surface area contributed by atoms with Crippen LogP contribution in [0.3, 0.4) is 0 Å². The zero-order valence-corrected chi connectivity index (χ0v) is 13.1. The fraction of sp³-hybridized carbons (Fsp3) is 0.312. The van der Waals surface area contributed by atoms with Gasteiger partial charge in [0, 0.05) is 6.54 Å². The lowest BCUT2D eigenvalue weighted by Crippen LogP contribution is -2.32. The van der Waals surface area contributed by atoms with Gasteiger partial charge < -0.3 is 14.8 Å². The summed E-state index contributed by atoms with van der Waals surface area (Å²) < 4.78 is 32.3. The normalized spacial score (nSPS) is 11.3. The van der Waals surface area contributed by atoms with E-state index in [4.69, 9.17) is 9.52 Å². The molecule has 0 aliphatic heterocycles. The molecule has 1 aromatic heterocycles. The van der Waals surface area contributed by atoms with Gasteiger partial charge in [-0.25, -0.2) is 13.8 Å². The standard InChI is InChI=1S/C16H16F2N2O4/c1-16(2,15(22)23)6-7-19-13(21)11-8-24-14(20-11)12-9(17)4-3-5-10(12)18/h3-5,8H,6-7H2,1-2H3,(H,19,21)(H,22,23). The first-order valence-corrected chi connectivity index (χ1v) is 7.14. The molecule has 8 heteroatoms. The molecule has 0 aliphatic carbocycles. The number of hydrogen-bond acceptors (Lipinski definition) is 4. The van der Waals surface area contributed by atoms with Crippen molar-refractivity contribution in [2.24, 2.45) is 5.41 Å². The second-order valence-electron chi connectivity index (χ2n) is 5.83. The monoisotopic (exact) mass is 338 g/mol. The van der Waals surface area contributed by atoms with Gasteiger partial charge in [0.2, 0.25) is 5.89 Å². The second-order valence-corrected chi connectivity index (χ2v) is 5.83. The molecule has 0 radical (unpaired) electrons. The van der Waals surface area contributed by atoms with Crippen molar-refractivity contribution in [1.82, 2.24) is 10.3 Å². The van der Waals surface area contributed by atoms with Crippen LogP contribution < -0.4 is 5.32 Å². The topological polar surface area (TPSA) is 92.4 Å². The predicted octanol–water partition coefficient (Wildman–Crippen LogP) is 2.85. The number of oxazole rings is 1. The number of nitrogens with zero attached hydrogens (tertiary/aromatic N) is 1. The van der Waals surface area contributed by atoms with Gasteiger partial charge in [0.25, 0.3) is 5.91 Å². The quantitative estimate of drug-likeness (QED) is 0.845. The lowest BCUT2D eigenvalue weighted by molar-refractivity contribution is -0.147. The molecule has 128 valence electrons. The molecule has 1 amide bonds. The SMILES string of the molecule is CC(C)(CCNC(=O)c1coc(-c2c(F)cccc2F)n1)C(=O)O. The number of carboxylic acids is 1. The van der Waals surface area contributed by atoms with Crippen LogP contribution in [0.25, 0.3) is 11.5 Å². The van der Waals surface area contributed by atoms with Gasteiger partial charge in [-0.3, -0.25) is 9.59 Å². The van der Waals surface area contributed by atoms with E-state index in [-0.39, 0.29) is 24.6 Å². The van der Waals surface area contributed by atoms with Crippen LogP contribution in [-0.2, 0) is 4.79 Å². The zero-order chi connectivity index (χ0) is 17.9. The Labute approximate surface area is 136 Å². The van der Waals surface area contributed by atoms with Gasteiger partial charge in [-0.05, 0) is 32.4 Å². The molecular formula is C16H16F2N2O4. The first kappa shape index (κ1) is 17.6. The van der Waals surface area contributed by atoms with Gasteiger partial charge in [0.05, 0.1) is 5.41 Å². The lowest BCUT2D eigenvalue weighted by Gasteiger charge is -2.18. The molecule has 1 aromatic carbocycles. The first-order valence-electron chi connectivity index (χ1n) is 7.14. The molecule has 24 heavy (non-hydrogen) atoms. The van der Waals surface area contributed by atoms with Crippen molar-refractivity contribution >= 4 is 11.9 Å². The number of halogens is 2. The molecule has 2 N–H and O–H groups in total. The van der Waals surface area contributed by atoms with Crippen molar-refractivity contribution in [2.45, 2.75) is 20.3 Å². The Bertz CT molecular complexity index is 751. The summed E-state index contributed by atoms with van der Waals surface area (Å²) in [7, 11) is 0. The third-order valence-corrected chi connectivity index (χ3v) is 3.53. The Hall–Kier alpha value is -2.77. The number of nitrogens with one attached hydrogen (secondary N) is 1. The zero-order valence-electron chi connectivity index (χ0n) is 13.1. The van der Waals surface area contributed by atoms with Crippen LogP contribution in [0.1, 0.15) is 30.8 Å². The number of hydrogen-bond donors (Lipinski definition) is 2. The number of carboxylic acid groups (broad SMARTS) is 1. The minimum Gasteiger partial charge on any atom is -0.481 e. The van der Waals surface area contributed by atoms with Crippen LogP contribution >= 0.6 is 0 Å².